The summed E-state index contributed by atoms with van der Waals surface area (Å²) < 4.78 is 5.39. The van der Waals surface area contributed by atoms with Crippen LogP contribution >= 0.6 is 0 Å². The summed E-state index contributed by atoms with van der Waals surface area (Å²) in [6.07, 6.45) is 1.35. The highest BCUT2D eigenvalue weighted by molar-refractivity contribution is 6.39. The van der Waals surface area contributed by atoms with Crippen LogP contribution in [0.1, 0.15) is 32.6 Å². The van der Waals surface area contributed by atoms with Gasteiger partial charge in [0.05, 0.1) is 11.8 Å². The maximum atomic E-state index is 12.3. The van der Waals surface area contributed by atoms with E-state index in [1.54, 1.807) is 54.6 Å². The number of esters is 1. The van der Waals surface area contributed by atoms with Crippen LogP contribution in [0.4, 0.5) is 5.69 Å². The Morgan fingerprint density at radius 1 is 0.844 bits per heavy atom. The van der Waals surface area contributed by atoms with Gasteiger partial charge in [0.15, 0.2) is 0 Å². The van der Waals surface area contributed by atoms with E-state index in [1.807, 2.05) is 32.9 Å². The van der Waals surface area contributed by atoms with Crippen LogP contribution in [-0.2, 0) is 9.59 Å². The van der Waals surface area contributed by atoms with E-state index in [9.17, 15) is 14.4 Å². The first kappa shape index (κ1) is 22.4. The van der Waals surface area contributed by atoms with E-state index >= 15 is 0 Å². The Bertz CT molecular complexity index is 1200. The molecule has 0 heterocycles. The maximum Gasteiger partial charge on any atom is 0.343 e. The van der Waals surface area contributed by atoms with E-state index in [1.165, 1.54) is 6.21 Å². The van der Waals surface area contributed by atoms with Crippen LogP contribution in [0.2, 0.25) is 0 Å². The Kier molecular flexibility index (Phi) is 7.13. The van der Waals surface area contributed by atoms with E-state index in [-0.39, 0.29) is 0 Å². The second kappa shape index (κ2) is 10.2. The van der Waals surface area contributed by atoms with Crippen molar-refractivity contribution < 1.29 is 19.1 Å². The Hall–Kier alpha value is -4.26. The number of carbonyl (C=O) groups is 3. The summed E-state index contributed by atoms with van der Waals surface area (Å²) in [5.41, 5.74) is 6.78. The van der Waals surface area contributed by atoms with Gasteiger partial charge in [0, 0.05) is 5.69 Å². The number of amides is 2. The molecule has 0 aliphatic rings. The topological polar surface area (TPSA) is 96.9 Å². The molecule has 0 unspecified atom stereocenters. The Balaban J connectivity index is 1.57. The number of carbonyl (C=O) groups excluding carboxylic acids is 3. The van der Waals surface area contributed by atoms with Gasteiger partial charge in [0.1, 0.15) is 5.75 Å². The van der Waals surface area contributed by atoms with Gasteiger partial charge < -0.3 is 10.1 Å². The summed E-state index contributed by atoms with van der Waals surface area (Å²) in [7, 11) is 0. The van der Waals surface area contributed by atoms with Gasteiger partial charge in [0.2, 0.25) is 0 Å². The molecule has 3 aromatic carbocycles. The van der Waals surface area contributed by atoms with Crippen LogP contribution in [-0.4, -0.2) is 24.0 Å². The van der Waals surface area contributed by atoms with E-state index < -0.39 is 17.8 Å². The number of anilines is 1. The number of nitrogens with one attached hydrogen (secondary N) is 2. The molecule has 0 fully saturated rings. The van der Waals surface area contributed by atoms with Crippen molar-refractivity contribution in [2.45, 2.75) is 20.8 Å². The van der Waals surface area contributed by atoms with Crippen LogP contribution in [0.15, 0.2) is 71.8 Å². The monoisotopic (exact) mass is 429 g/mol. The molecular formula is C25H23N3O4. The first-order valence-corrected chi connectivity index (χ1v) is 9.92. The summed E-state index contributed by atoms with van der Waals surface area (Å²) >= 11 is 0. The Morgan fingerprint density at radius 2 is 1.62 bits per heavy atom. The van der Waals surface area contributed by atoms with Crippen LogP contribution in [0, 0.1) is 20.8 Å². The molecule has 32 heavy (non-hydrogen) atoms. The Labute approximate surface area is 186 Å². The lowest BCUT2D eigenvalue weighted by molar-refractivity contribution is -0.136. The number of hydrazone groups is 1. The average Bonchev–Trinajstić information content (AvgIpc) is 2.76. The van der Waals surface area contributed by atoms with Gasteiger partial charge >= 0.3 is 17.8 Å². The second-order valence-corrected chi connectivity index (χ2v) is 7.28. The van der Waals surface area contributed by atoms with E-state index in [0.717, 1.165) is 16.7 Å². The molecule has 7 nitrogen and oxygen atoms in total. The van der Waals surface area contributed by atoms with E-state index in [0.29, 0.717) is 22.6 Å². The SMILES string of the molecule is Cc1cccc(C(=O)Oc2cccc(/C=N/NC(=O)C(=O)Nc3ccc(C)c(C)c3)c2)c1. The van der Waals surface area contributed by atoms with Crippen LogP contribution in [0.3, 0.4) is 0 Å². The smallest absolute Gasteiger partial charge is 0.343 e. The molecule has 162 valence electrons. The molecule has 0 spiro atoms. The number of benzene rings is 3. The van der Waals surface area contributed by atoms with Crippen molar-refractivity contribution in [1.29, 1.82) is 0 Å². The van der Waals surface area contributed by atoms with Crippen molar-refractivity contribution in [3.05, 3.63) is 94.5 Å². The molecule has 7 heteroatoms. The van der Waals surface area contributed by atoms with Gasteiger partial charge in [-0.25, -0.2) is 10.2 Å². The van der Waals surface area contributed by atoms with Crippen molar-refractivity contribution in [3.8, 4) is 5.75 Å². The number of hydrogen-bond donors (Lipinski definition) is 2. The van der Waals surface area contributed by atoms with Crippen molar-refractivity contribution in [2.24, 2.45) is 5.10 Å². The summed E-state index contributed by atoms with van der Waals surface area (Å²) in [5, 5.41) is 6.33. The van der Waals surface area contributed by atoms with E-state index in [2.05, 4.69) is 15.8 Å². The molecule has 0 saturated carbocycles. The Morgan fingerprint density at radius 3 is 2.38 bits per heavy atom. The summed E-state index contributed by atoms with van der Waals surface area (Å²) in [6.45, 7) is 5.77. The number of ether oxygens (including phenoxy) is 1. The fraction of sp³-hybridized carbons (Fsp3) is 0.120. The van der Waals surface area contributed by atoms with Crippen molar-refractivity contribution >= 4 is 29.7 Å². The minimum Gasteiger partial charge on any atom is -0.423 e. The lowest BCUT2D eigenvalue weighted by Gasteiger charge is -2.07. The van der Waals surface area contributed by atoms with Gasteiger partial charge in [0.25, 0.3) is 0 Å². The van der Waals surface area contributed by atoms with Gasteiger partial charge in [-0.3, -0.25) is 9.59 Å². The summed E-state index contributed by atoms with van der Waals surface area (Å²) in [4.78, 5) is 36.3. The number of rotatable bonds is 5. The fourth-order valence-electron chi connectivity index (χ4n) is 2.82. The maximum absolute atomic E-state index is 12.3. The van der Waals surface area contributed by atoms with Crippen LogP contribution in [0.25, 0.3) is 0 Å². The molecule has 3 aromatic rings. The largest absolute Gasteiger partial charge is 0.423 e. The lowest BCUT2D eigenvalue weighted by Crippen LogP contribution is -2.32. The average molecular weight is 429 g/mol. The lowest BCUT2D eigenvalue weighted by atomic mass is 10.1. The molecule has 0 radical (unpaired) electrons. The molecule has 0 aliphatic carbocycles. The van der Waals surface area contributed by atoms with Crippen molar-refractivity contribution in [2.75, 3.05) is 5.32 Å². The molecule has 0 aromatic heterocycles. The normalized spacial score (nSPS) is 10.6. The number of nitrogens with zero attached hydrogens (tertiary/aromatic N) is 1. The molecule has 0 saturated heterocycles. The molecule has 2 amide bonds. The summed E-state index contributed by atoms with van der Waals surface area (Å²) in [5.74, 6) is -1.87. The first-order chi connectivity index (χ1) is 15.3. The predicted molar refractivity (Wildman–Crippen MR) is 123 cm³/mol. The number of aryl methyl sites for hydroxylation is 3. The third-order valence-electron chi connectivity index (χ3n) is 4.67. The minimum atomic E-state index is -0.901. The molecular weight excluding hydrogens is 406 g/mol. The zero-order chi connectivity index (χ0) is 23.1. The fourth-order valence-corrected chi connectivity index (χ4v) is 2.82. The third-order valence-corrected chi connectivity index (χ3v) is 4.67. The zero-order valence-corrected chi connectivity index (χ0v) is 18.0. The van der Waals surface area contributed by atoms with E-state index in [4.69, 9.17) is 4.74 Å². The first-order valence-electron chi connectivity index (χ1n) is 9.92. The predicted octanol–water partition coefficient (Wildman–Crippen LogP) is 3.92. The zero-order valence-electron chi connectivity index (χ0n) is 18.0. The summed E-state index contributed by atoms with van der Waals surface area (Å²) in [6, 6.07) is 19.1. The van der Waals surface area contributed by atoms with Crippen molar-refractivity contribution in [3.63, 3.8) is 0 Å². The third kappa shape index (κ3) is 6.12. The van der Waals surface area contributed by atoms with Crippen molar-refractivity contribution in [1.82, 2.24) is 5.43 Å². The molecule has 2 N–H and O–H groups in total. The molecule has 0 atom stereocenters. The minimum absolute atomic E-state index is 0.333. The standard InChI is InChI=1S/C25H23N3O4/c1-16-6-4-8-20(12-16)25(31)32-22-9-5-7-19(14-22)15-26-28-24(30)23(29)27-21-11-10-17(2)18(3)13-21/h4-15H,1-3H3,(H,27,29)(H,28,30)/b26-15+. The van der Waals surface area contributed by atoms with Crippen LogP contribution in [0.5, 0.6) is 5.75 Å². The van der Waals surface area contributed by atoms with Gasteiger partial charge in [-0.2, -0.15) is 5.10 Å². The van der Waals surface area contributed by atoms with Gasteiger partial charge in [-0.05, 0) is 73.9 Å². The molecule has 0 bridgehead atoms. The highest BCUT2D eigenvalue weighted by Gasteiger charge is 2.13. The molecule has 0 aliphatic heterocycles. The molecule has 3 rings (SSSR count). The highest BCUT2D eigenvalue weighted by Crippen LogP contribution is 2.15. The quantitative estimate of drug-likeness (QED) is 0.211. The second-order valence-electron chi connectivity index (χ2n) is 7.28. The van der Waals surface area contributed by atoms with Crippen LogP contribution < -0.4 is 15.5 Å². The van der Waals surface area contributed by atoms with Gasteiger partial charge in [-0.15, -0.1) is 0 Å². The van der Waals surface area contributed by atoms with Gasteiger partial charge in [-0.1, -0.05) is 35.9 Å². The highest BCUT2D eigenvalue weighted by atomic mass is 16.5. The number of hydrogen-bond acceptors (Lipinski definition) is 5.